The molecule has 18 heavy (non-hydrogen) atoms. The molecular formula is C13H22N4O. The zero-order chi connectivity index (χ0) is 13.1. The Morgan fingerprint density at radius 2 is 2.06 bits per heavy atom. The van der Waals surface area contributed by atoms with E-state index in [4.69, 9.17) is 4.74 Å². The SMILES string of the molecule is CNc1nc(C)nc(OCCN(C)C2CC2)c1C. The Bertz CT molecular complexity index is 418. The number of hydrogen-bond acceptors (Lipinski definition) is 5. The van der Waals surface area contributed by atoms with E-state index < -0.39 is 0 Å². The van der Waals surface area contributed by atoms with Crippen molar-refractivity contribution in [2.75, 3.05) is 32.6 Å². The Balaban J connectivity index is 1.93. The minimum absolute atomic E-state index is 0.674. The number of aryl methyl sites for hydroxylation is 1. The average Bonchev–Trinajstić information content (AvgIpc) is 3.16. The van der Waals surface area contributed by atoms with Gasteiger partial charge in [0, 0.05) is 19.6 Å². The highest BCUT2D eigenvalue weighted by atomic mass is 16.5. The highest BCUT2D eigenvalue weighted by Gasteiger charge is 2.25. The standard InChI is InChI=1S/C13H22N4O/c1-9-12(14-3)15-10(2)16-13(9)18-8-7-17(4)11-5-6-11/h11H,5-8H2,1-4H3,(H,14,15,16). The first kappa shape index (κ1) is 13.1. The number of aromatic nitrogens is 2. The van der Waals surface area contributed by atoms with Gasteiger partial charge >= 0.3 is 0 Å². The molecular weight excluding hydrogens is 228 g/mol. The lowest BCUT2D eigenvalue weighted by atomic mass is 10.3. The third kappa shape index (κ3) is 3.10. The minimum atomic E-state index is 0.674. The molecule has 100 valence electrons. The Kier molecular flexibility index (Phi) is 4.01. The maximum absolute atomic E-state index is 5.78. The molecule has 5 heteroatoms. The van der Waals surface area contributed by atoms with Gasteiger partial charge < -0.3 is 15.0 Å². The van der Waals surface area contributed by atoms with Crippen molar-refractivity contribution in [2.24, 2.45) is 0 Å². The molecule has 1 heterocycles. The minimum Gasteiger partial charge on any atom is -0.476 e. The van der Waals surface area contributed by atoms with Gasteiger partial charge in [0.2, 0.25) is 5.88 Å². The van der Waals surface area contributed by atoms with Crippen molar-refractivity contribution >= 4 is 5.82 Å². The molecule has 1 aromatic rings. The summed E-state index contributed by atoms with van der Waals surface area (Å²) in [7, 11) is 4.01. The first-order valence-electron chi connectivity index (χ1n) is 6.48. The van der Waals surface area contributed by atoms with Crippen molar-refractivity contribution < 1.29 is 4.74 Å². The van der Waals surface area contributed by atoms with Gasteiger partial charge in [0.25, 0.3) is 0 Å². The zero-order valence-corrected chi connectivity index (χ0v) is 11.7. The van der Waals surface area contributed by atoms with E-state index >= 15 is 0 Å². The van der Waals surface area contributed by atoms with E-state index in [2.05, 4.69) is 27.2 Å². The first-order valence-corrected chi connectivity index (χ1v) is 6.48. The molecule has 1 aliphatic rings. The summed E-state index contributed by atoms with van der Waals surface area (Å²) in [6, 6.07) is 0.773. The Hall–Kier alpha value is -1.36. The lowest BCUT2D eigenvalue weighted by Crippen LogP contribution is -2.26. The molecule has 0 amide bonds. The Morgan fingerprint density at radius 1 is 1.33 bits per heavy atom. The van der Waals surface area contributed by atoms with Gasteiger partial charge in [0.05, 0.1) is 5.56 Å². The van der Waals surface area contributed by atoms with Crippen LogP contribution in [-0.2, 0) is 0 Å². The van der Waals surface area contributed by atoms with Crippen LogP contribution in [0.1, 0.15) is 24.2 Å². The van der Waals surface area contributed by atoms with Crippen LogP contribution < -0.4 is 10.1 Å². The van der Waals surface area contributed by atoms with Gasteiger partial charge in [-0.1, -0.05) is 0 Å². The van der Waals surface area contributed by atoms with Crippen LogP contribution in [0.3, 0.4) is 0 Å². The van der Waals surface area contributed by atoms with E-state index in [1.165, 1.54) is 12.8 Å². The van der Waals surface area contributed by atoms with Crippen LogP contribution in [0.4, 0.5) is 5.82 Å². The van der Waals surface area contributed by atoms with E-state index in [1.54, 1.807) is 0 Å². The van der Waals surface area contributed by atoms with Crippen molar-refractivity contribution in [3.8, 4) is 5.88 Å². The molecule has 1 aliphatic carbocycles. The molecule has 1 aromatic heterocycles. The monoisotopic (exact) mass is 250 g/mol. The van der Waals surface area contributed by atoms with E-state index in [9.17, 15) is 0 Å². The molecule has 0 spiro atoms. The van der Waals surface area contributed by atoms with Crippen LogP contribution in [0.25, 0.3) is 0 Å². The molecule has 0 radical (unpaired) electrons. The van der Waals surface area contributed by atoms with E-state index in [0.29, 0.717) is 12.5 Å². The predicted octanol–water partition coefficient (Wildman–Crippen LogP) is 1.61. The number of anilines is 1. The second kappa shape index (κ2) is 5.52. The van der Waals surface area contributed by atoms with Crippen LogP contribution in [0.15, 0.2) is 0 Å². The van der Waals surface area contributed by atoms with Gasteiger partial charge in [0.15, 0.2) is 0 Å². The smallest absolute Gasteiger partial charge is 0.221 e. The van der Waals surface area contributed by atoms with Crippen LogP contribution >= 0.6 is 0 Å². The molecule has 5 nitrogen and oxygen atoms in total. The predicted molar refractivity (Wildman–Crippen MR) is 72.2 cm³/mol. The fraction of sp³-hybridized carbons (Fsp3) is 0.692. The van der Waals surface area contributed by atoms with Gasteiger partial charge in [-0.25, -0.2) is 4.98 Å². The largest absolute Gasteiger partial charge is 0.476 e. The summed E-state index contributed by atoms with van der Waals surface area (Å²) in [5.74, 6) is 2.26. The normalized spacial score (nSPS) is 14.9. The third-order valence-corrected chi connectivity index (χ3v) is 3.30. The highest BCUT2D eigenvalue weighted by Crippen LogP contribution is 2.25. The third-order valence-electron chi connectivity index (χ3n) is 3.30. The van der Waals surface area contributed by atoms with Gasteiger partial charge in [-0.05, 0) is 33.7 Å². The number of rotatable bonds is 6. The number of ether oxygens (including phenoxy) is 1. The Labute approximate surface area is 109 Å². The van der Waals surface area contributed by atoms with Crippen molar-refractivity contribution in [3.63, 3.8) is 0 Å². The molecule has 0 bridgehead atoms. The molecule has 2 rings (SSSR count). The molecule has 0 aliphatic heterocycles. The fourth-order valence-corrected chi connectivity index (χ4v) is 1.97. The summed E-state index contributed by atoms with van der Waals surface area (Å²) in [5, 5.41) is 3.06. The average molecular weight is 250 g/mol. The van der Waals surface area contributed by atoms with Crippen molar-refractivity contribution in [1.29, 1.82) is 0 Å². The molecule has 0 aromatic carbocycles. The van der Waals surface area contributed by atoms with Crippen LogP contribution in [-0.4, -0.2) is 48.2 Å². The van der Waals surface area contributed by atoms with Crippen molar-refractivity contribution in [2.45, 2.75) is 32.7 Å². The molecule has 1 N–H and O–H groups in total. The second-order valence-corrected chi connectivity index (χ2v) is 4.86. The molecule has 0 saturated heterocycles. The number of nitrogens with zero attached hydrogens (tertiary/aromatic N) is 3. The van der Waals surface area contributed by atoms with Gasteiger partial charge in [-0.3, -0.25) is 0 Å². The molecule has 1 saturated carbocycles. The Morgan fingerprint density at radius 3 is 2.67 bits per heavy atom. The fourth-order valence-electron chi connectivity index (χ4n) is 1.97. The second-order valence-electron chi connectivity index (χ2n) is 4.86. The van der Waals surface area contributed by atoms with Gasteiger partial charge in [-0.15, -0.1) is 0 Å². The van der Waals surface area contributed by atoms with Crippen molar-refractivity contribution in [3.05, 3.63) is 11.4 Å². The van der Waals surface area contributed by atoms with Crippen LogP contribution in [0.2, 0.25) is 0 Å². The highest BCUT2D eigenvalue weighted by molar-refractivity contribution is 5.47. The van der Waals surface area contributed by atoms with Gasteiger partial charge in [0.1, 0.15) is 18.2 Å². The summed E-state index contributed by atoms with van der Waals surface area (Å²) in [4.78, 5) is 11.0. The van der Waals surface area contributed by atoms with E-state index in [-0.39, 0.29) is 0 Å². The summed E-state index contributed by atoms with van der Waals surface area (Å²) >= 11 is 0. The molecule has 0 atom stereocenters. The maximum Gasteiger partial charge on any atom is 0.221 e. The first-order chi connectivity index (χ1) is 8.61. The quantitative estimate of drug-likeness (QED) is 0.831. The van der Waals surface area contributed by atoms with Crippen LogP contribution in [0.5, 0.6) is 5.88 Å². The zero-order valence-electron chi connectivity index (χ0n) is 11.7. The molecule has 1 fully saturated rings. The van der Waals surface area contributed by atoms with Crippen molar-refractivity contribution in [1.82, 2.24) is 14.9 Å². The lowest BCUT2D eigenvalue weighted by molar-refractivity contribution is 0.225. The summed E-state index contributed by atoms with van der Waals surface area (Å²) in [6.45, 7) is 5.48. The van der Waals surface area contributed by atoms with Crippen LogP contribution in [0, 0.1) is 13.8 Å². The topological polar surface area (TPSA) is 50.3 Å². The number of hydrogen-bond donors (Lipinski definition) is 1. The van der Waals surface area contributed by atoms with E-state index in [0.717, 1.165) is 29.8 Å². The lowest BCUT2D eigenvalue weighted by Gasteiger charge is -2.17. The summed E-state index contributed by atoms with van der Waals surface area (Å²) in [6.07, 6.45) is 2.65. The maximum atomic E-state index is 5.78. The number of nitrogens with one attached hydrogen (secondary N) is 1. The number of likely N-dealkylation sites (N-methyl/N-ethyl adjacent to an activating group) is 1. The van der Waals surface area contributed by atoms with Gasteiger partial charge in [-0.2, -0.15) is 4.98 Å². The summed E-state index contributed by atoms with van der Waals surface area (Å²) in [5.41, 5.74) is 0.970. The van der Waals surface area contributed by atoms with E-state index in [1.807, 2.05) is 20.9 Å². The summed E-state index contributed by atoms with van der Waals surface area (Å²) < 4.78 is 5.78. The molecule has 0 unspecified atom stereocenters.